The molecule has 0 spiro atoms. The maximum atomic E-state index is 12.3. The van der Waals surface area contributed by atoms with Crippen LogP contribution in [-0.2, 0) is 4.79 Å². The summed E-state index contributed by atoms with van der Waals surface area (Å²) in [6, 6.07) is 13.6. The van der Waals surface area contributed by atoms with Crippen molar-refractivity contribution in [3.63, 3.8) is 0 Å². The maximum Gasteiger partial charge on any atom is 0.344 e. The lowest BCUT2D eigenvalue weighted by Crippen LogP contribution is -2.17. The zero-order valence-electron chi connectivity index (χ0n) is 14.3. The Hall–Kier alpha value is -3.00. The summed E-state index contributed by atoms with van der Waals surface area (Å²) in [4.78, 5) is 24.1. The summed E-state index contributed by atoms with van der Waals surface area (Å²) in [6.45, 7) is 0. The number of carbonyl (C=O) groups excluding carboxylic acids is 1. The van der Waals surface area contributed by atoms with Gasteiger partial charge in [-0.25, -0.2) is 9.89 Å². The van der Waals surface area contributed by atoms with Crippen molar-refractivity contribution in [3.8, 4) is 0 Å². The van der Waals surface area contributed by atoms with Crippen LogP contribution < -0.4 is 11.0 Å². The second-order valence-electron chi connectivity index (χ2n) is 6.56. The van der Waals surface area contributed by atoms with Gasteiger partial charge in [-0.2, -0.15) is 0 Å². The van der Waals surface area contributed by atoms with Crippen molar-refractivity contribution >= 4 is 45.3 Å². The van der Waals surface area contributed by atoms with Crippen molar-refractivity contribution in [2.45, 2.75) is 24.0 Å². The third-order valence-corrected chi connectivity index (χ3v) is 5.53. The maximum absolute atomic E-state index is 12.3. The van der Waals surface area contributed by atoms with Crippen LogP contribution in [0.4, 0.5) is 5.69 Å². The molecular formula is C19H16N4O3S. The Balaban J connectivity index is 1.32. The number of thioether (sulfide) groups is 1. The molecule has 1 fully saturated rings. The summed E-state index contributed by atoms with van der Waals surface area (Å²) in [6.07, 6.45) is 1.97. The average molecular weight is 380 g/mol. The highest BCUT2D eigenvalue weighted by Gasteiger charge is 2.28. The quantitative estimate of drug-likeness (QED) is 0.517. The van der Waals surface area contributed by atoms with Crippen molar-refractivity contribution in [1.82, 2.24) is 14.8 Å². The molecule has 0 saturated heterocycles. The van der Waals surface area contributed by atoms with Gasteiger partial charge in [-0.15, -0.1) is 5.10 Å². The van der Waals surface area contributed by atoms with Gasteiger partial charge in [-0.3, -0.25) is 9.36 Å². The minimum absolute atomic E-state index is 0.148. The Morgan fingerprint density at radius 2 is 2.04 bits per heavy atom. The summed E-state index contributed by atoms with van der Waals surface area (Å²) in [5.41, 5.74) is 2.11. The fourth-order valence-corrected chi connectivity index (χ4v) is 3.99. The van der Waals surface area contributed by atoms with Gasteiger partial charge in [0.25, 0.3) is 0 Å². The molecule has 1 amide bonds. The van der Waals surface area contributed by atoms with E-state index in [4.69, 9.17) is 4.42 Å². The first kappa shape index (κ1) is 16.2. The van der Waals surface area contributed by atoms with E-state index in [-0.39, 0.29) is 23.4 Å². The number of furan rings is 1. The Morgan fingerprint density at radius 1 is 1.22 bits per heavy atom. The lowest BCUT2D eigenvalue weighted by molar-refractivity contribution is -0.113. The highest BCUT2D eigenvalue weighted by molar-refractivity contribution is 7.99. The monoisotopic (exact) mass is 380 g/mol. The van der Waals surface area contributed by atoms with Gasteiger partial charge in [0.05, 0.1) is 5.75 Å². The predicted molar refractivity (Wildman–Crippen MR) is 104 cm³/mol. The van der Waals surface area contributed by atoms with Crippen LogP contribution in [0.5, 0.6) is 0 Å². The molecule has 0 radical (unpaired) electrons. The molecule has 2 aromatic carbocycles. The number of hydrogen-bond donors (Lipinski definition) is 2. The van der Waals surface area contributed by atoms with Gasteiger partial charge >= 0.3 is 5.69 Å². The van der Waals surface area contributed by atoms with Crippen molar-refractivity contribution in [3.05, 3.63) is 52.9 Å². The third-order valence-electron chi connectivity index (χ3n) is 4.58. The van der Waals surface area contributed by atoms with Gasteiger partial charge in [0.15, 0.2) is 5.16 Å². The van der Waals surface area contributed by atoms with Crippen molar-refractivity contribution in [2.75, 3.05) is 11.1 Å². The van der Waals surface area contributed by atoms with Gasteiger partial charge in [0.2, 0.25) is 5.91 Å². The Labute approximate surface area is 157 Å². The van der Waals surface area contributed by atoms with E-state index in [0.717, 1.165) is 34.8 Å². The Morgan fingerprint density at radius 3 is 2.89 bits per heavy atom. The van der Waals surface area contributed by atoms with Crippen LogP contribution in [0.25, 0.3) is 21.9 Å². The van der Waals surface area contributed by atoms with Crippen molar-refractivity contribution in [2.24, 2.45) is 0 Å². The topological polar surface area (TPSA) is 92.9 Å². The second-order valence-corrected chi connectivity index (χ2v) is 7.50. The SMILES string of the molecule is O=C(CSc1n[nH]c(=O)n1C1CC1)Nc1ccc2oc3ccccc3c2c1. The van der Waals surface area contributed by atoms with E-state index in [0.29, 0.717) is 10.8 Å². The number of hydrogen-bond acceptors (Lipinski definition) is 5. The van der Waals surface area contributed by atoms with Crippen LogP contribution in [0.15, 0.2) is 56.8 Å². The highest BCUT2D eigenvalue weighted by atomic mass is 32.2. The molecule has 7 nitrogen and oxygen atoms in total. The van der Waals surface area contributed by atoms with E-state index >= 15 is 0 Å². The Bertz CT molecular complexity index is 1220. The molecule has 0 aliphatic heterocycles. The first-order valence-corrected chi connectivity index (χ1v) is 9.68. The summed E-state index contributed by atoms with van der Waals surface area (Å²) in [7, 11) is 0. The van der Waals surface area contributed by atoms with Gasteiger partial charge in [-0.1, -0.05) is 30.0 Å². The molecular weight excluding hydrogens is 364 g/mol. The van der Waals surface area contributed by atoms with E-state index in [1.165, 1.54) is 11.8 Å². The first-order valence-electron chi connectivity index (χ1n) is 8.70. The van der Waals surface area contributed by atoms with Gasteiger partial charge in [0.1, 0.15) is 11.2 Å². The fraction of sp³-hybridized carbons (Fsp3) is 0.211. The molecule has 2 heterocycles. The molecule has 1 aliphatic carbocycles. The number of rotatable bonds is 5. The van der Waals surface area contributed by atoms with Crippen LogP contribution in [0.2, 0.25) is 0 Å². The second kappa shape index (κ2) is 6.31. The van der Waals surface area contributed by atoms with Gasteiger partial charge < -0.3 is 9.73 Å². The molecule has 27 heavy (non-hydrogen) atoms. The largest absolute Gasteiger partial charge is 0.456 e. The minimum Gasteiger partial charge on any atom is -0.456 e. The third kappa shape index (κ3) is 3.02. The van der Waals surface area contributed by atoms with Crippen molar-refractivity contribution in [1.29, 1.82) is 0 Å². The molecule has 2 N–H and O–H groups in total. The number of aromatic amines is 1. The number of nitrogens with one attached hydrogen (secondary N) is 2. The standard InChI is InChI=1S/C19H16N4O3S/c24-17(10-27-19-22-21-18(25)23(19)12-6-7-12)20-11-5-8-16-14(9-11)13-3-1-2-4-15(13)26-16/h1-5,8-9,12H,6-7,10H2,(H,20,24)(H,21,25). The number of amides is 1. The number of aromatic nitrogens is 3. The predicted octanol–water partition coefficient (Wildman–Crippen LogP) is 3.54. The van der Waals surface area contributed by atoms with Crippen molar-refractivity contribution < 1.29 is 9.21 Å². The number of H-pyrrole nitrogens is 1. The van der Waals surface area contributed by atoms with E-state index < -0.39 is 0 Å². The molecule has 5 rings (SSSR count). The van der Waals surface area contributed by atoms with E-state index in [2.05, 4.69) is 15.5 Å². The highest BCUT2D eigenvalue weighted by Crippen LogP contribution is 2.36. The van der Waals surface area contributed by atoms with Crippen LogP contribution in [-0.4, -0.2) is 26.4 Å². The van der Waals surface area contributed by atoms with E-state index in [9.17, 15) is 9.59 Å². The zero-order valence-corrected chi connectivity index (χ0v) is 15.1. The average Bonchev–Trinajstić information content (AvgIpc) is 3.34. The molecule has 1 saturated carbocycles. The molecule has 1 aliphatic rings. The molecule has 0 atom stereocenters. The number of carbonyl (C=O) groups is 1. The number of para-hydroxylation sites is 1. The summed E-state index contributed by atoms with van der Waals surface area (Å²) >= 11 is 1.26. The normalized spacial score (nSPS) is 14.1. The Kier molecular flexibility index (Phi) is 3.78. The number of fused-ring (bicyclic) bond motifs is 3. The van der Waals surface area contributed by atoms with Crippen LogP contribution in [0.3, 0.4) is 0 Å². The number of anilines is 1. The van der Waals surface area contributed by atoms with Gasteiger partial charge in [-0.05, 0) is 37.1 Å². The lowest BCUT2D eigenvalue weighted by Gasteiger charge is -2.06. The first-order chi connectivity index (χ1) is 13.2. The molecule has 136 valence electrons. The molecule has 0 unspecified atom stereocenters. The smallest absolute Gasteiger partial charge is 0.344 e. The van der Waals surface area contributed by atoms with Crippen LogP contribution in [0.1, 0.15) is 18.9 Å². The number of benzene rings is 2. The minimum atomic E-state index is -0.210. The fourth-order valence-electron chi connectivity index (χ4n) is 3.18. The zero-order chi connectivity index (χ0) is 18.4. The summed E-state index contributed by atoms with van der Waals surface area (Å²) in [5.74, 6) is 0.0335. The number of nitrogens with zero attached hydrogens (tertiary/aromatic N) is 2. The molecule has 4 aromatic rings. The lowest BCUT2D eigenvalue weighted by atomic mass is 10.1. The van der Waals surface area contributed by atoms with Crippen LogP contribution in [0, 0.1) is 0 Å². The summed E-state index contributed by atoms with van der Waals surface area (Å²) in [5, 5.41) is 11.9. The molecule has 0 bridgehead atoms. The molecule has 2 aromatic heterocycles. The van der Waals surface area contributed by atoms with Crippen LogP contribution >= 0.6 is 11.8 Å². The van der Waals surface area contributed by atoms with Gasteiger partial charge in [0, 0.05) is 22.5 Å². The van der Waals surface area contributed by atoms with E-state index in [1.807, 2.05) is 42.5 Å². The molecule has 8 heteroatoms. The summed E-state index contributed by atoms with van der Waals surface area (Å²) < 4.78 is 7.44. The van der Waals surface area contributed by atoms with E-state index in [1.54, 1.807) is 4.57 Å².